The highest BCUT2D eigenvalue weighted by atomic mass is 16.5. The molecule has 2 aromatic heterocycles. The Bertz CT molecular complexity index is 536. The Kier molecular flexibility index (Phi) is 3.92. The quantitative estimate of drug-likeness (QED) is 0.760. The van der Waals surface area contributed by atoms with Crippen LogP contribution in [0.1, 0.15) is 38.4 Å². The van der Waals surface area contributed by atoms with E-state index in [2.05, 4.69) is 10.2 Å². The Morgan fingerprint density at radius 3 is 2.94 bits per heavy atom. The second kappa shape index (κ2) is 5.62. The summed E-state index contributed by atoms with van der Waals surface area (Å²) in [5.74, 6) is 0.0933. The number of esters is 1. The predicted molar refractivity (Wildman–Crippen MR) is 67.3 cm³/mol. The minimum atomic E-state index is -0.340. The number of rotatable bonds is 5. The van der Waals surface area contributed by atoms with Crippen LogP contribution in [-0.4, -0.2) is 27.2 Å². The van der Waals surface area contributed by atoms with Gasteiger partial charge in [0.05, 0.1) is 6.61 Å². The molecule has 0 saturated heterocycles. The zero-order chi connectivity index (χ0) is 13.0. The number of carbonyl (C=O) groups is 1. The highest BCUT2D eigenvalue weighted by molar-refractivity contribution is 5.77. The molecule has 0 radical (unpaired) electrons. The highest BCUT2D eigenvalue weighted by Crippen LogP contribution is 2.21. The van der Waals surface area contributed by atoms with E-state index in [1.807, 2.05) is 42.6 Å². The molecule has 0 fully saturated rings. The molecule has 2 heterocycles. The number of hydrogen-bond donors (Lipinski definition) is 0. The summed E-state index contributed by atoms with van der Waals surface area (Å²) in [5.41, 5.74) is 0.748. The Labute approximate surface area is 106 Å². The molecule has 0 saturated carbocycles. The first-order chi connectivity index (χ1) is 8.77. The third kappa shape index (κ3) is 2.34. The van der Waals surface area contributed by atoms with Gasteiger partial charge in [-0.3, -0.25) is 9.20 Å². The van der Waals surface area contributed by atoms with Gasteiger partial charge >= 0.3 is 5.97 Å². The van der Waals surface area contributed by atoms with Crippen LogP contribution in [0.25, 0.3) is 5.65 Å². The van der Waals surface area contributed by atoms with Crippen LogP contribution in [0.3, 0.4) is 0 Å². The molecule has 2 aromatic rings. The van der Waals surface area contributed by atoms with Crippen LogP contribution < -0.4 is 0 Å². The molecule has 0 aromatic carbocycles. The van der Waals surface area contributed by atoms with Crippen molar-refractivity contribution in [1.29, 1.82) is 0 Å². The van der Waals surface area contributed by atoms with Gasteiger partial charge in [-0.2, -0.15) is 0 Å². The average molecular weight is 247 g/mol. The normalized spacial score (nSPS) is 12.6. The molecule has 0 bridgehead atoms. The van der Waals surface area contributed by atoms with Crippen LogP contribution in [0.4, 0.5) is 0 Å². The van der Waals surface area contributed by atoms with Gasteiger partial charge in [-0.1, -0.05) is 19.4 Å². The number of fused-ring (bicyclic) bond motifs is 1. The fourth-order valence-electron chi connectivity index (χ4n) is 1.98. The lowest BCUT2D eigenvalue weighted by molar-refractivity contribution is -0.145. The van der Waals surface area contributed by atoms with E-state index < -0.39 is 0 Å². The molecule has 0 aliphatic rings. The fraction of sp³-hybridized carbons (Fsp3) is 0.462. The van der Waals surface area contributed by atoms with E-state index in [1.165, 1.54) is 0 Å². The van der Waals surface area contributed by atoms with E-state index >= 15 is 0 Å². The SMILES string of the molecule is CCCC(C(=O)OCC)c1nnc2ccccn12. The van der Waals surface area contributed by atoms with Crippen molar-refractivity contribution in [3.63, 3.8) is 0 Å². The van der Waals surface area contributed by atoms with E-state index in [1.54, 1.807) is 0 Å². The molecule has 18 heavy (non-hydrogen) atoms. The lowest BCUT2D eigenvalue weighted by Gasteiger charge is -2.12. The van der Waals surface area contributed by atoms with Gasteiger partial charge in [0.2, 0.25) is 0 Å². The summed E-state index contributed by atoms with van der Waals surface area (Å²) < 4.78 is 6.95. The molecule has 0 aliphatic carbocycles. The number of nitrogens with zero attached hydrogens (tertiary/aromatic N) is 3. The largest absolute Gasteiger partial charge is 0.465 e. The molecule has 0 aliphatic heterocycles. The van der Waals surface area contributed by atoms with Crippen molar-refractivity contribution in [2.75, 3.05) is 6.61 Å². The molecule has 0 amide bonds. The molecule has 2 rings (SSSR count). The summed E-state index contributed by atoms with van der Waals surface area (Å²) in [6.45, 7) is 4.23. The van der Waals surface area contributed by atoms with Crippen LogP contribution in [0, 0.1) is 0 Å². The molecule has 96 valence electrons. The summed E-state index contributed by atoms with van der Waals surface area (Å²) in [5, 5.41) is 8.20. The zero-order valence-corrected chi connectivity index (χ0v) is 10.7. The Morgan fingerprint density at radius 2 is 2.22 bits per heavy atom. The maximum Gasteiger partial charge on any atom is 0.316 e. The van der Waals surface area contributed by atoms with Crippen molar-refractivity contribution in [3.05, 3.63) is 30.2 Å². The Hall–Kier alpha value is -1.91. The van der Waals surface area contributed by atoms with Gasteiger partial charge in [0, 0.05) is 6.20 Å². The topological polar surface area (TPSA) is 56.5 Å². The van der Waals surface area contributed by atoms with Crippen molar-refractivity contribution >= 4 is 11.6 Å². The van der Waals surface area contributed by atoms with E-state index in [0.717, 1.165) is 12.1 Å². The molecule has 5 heteroatoms. The van der Waals surface area contributed by atoms with Crippen LogP contribution in [0.2, 0.25) is 0 Å². The van der Waals surface area contributed by atoms with Crippen molar-refractivity contribution in [2.45, 2.75) is 32.6 Å². The maximum absolute atomic E-state index is 12.0. The second-order valence-corrected chi connectivity index (χ2v) is 4.08. The summed E-state index contributed by atoms with van der Waals surface area (Å²) >= 11 is 0. The van der Waals surface area contributed by atoms with E-state index in [0.29, 0.717) is 18.9 Å². The fourth-order valence-corrected chi connectivity index (χ4v) is 1.98. The van der Waals surface area contributed by atoms with Gasteiger partial charge in [-0.15, -0.1) is 10.2 Å². The third-order valence-electron chi connectivity index (χ3n) is 2.80. The van der Waals surface area contributed by atoms with Gasteiger partial charge in [0.25, 0.3) is 0 Å². The van der Waals surface area contributed by atoms with Crippen molar-refractivity contribution < 1.29 is 9.53 Å². The lowest BCUT2D eigenvalue weighted by atomic mass is 10.0. The highest BCUT2D eigenvalue weighted by Gasteiger charge is 2.26. The molecule has 0 spiro atoms. The molecule has 1 unspecified atom stereocenters. The number of carbonyl (C=O) groups excluding carboxylic acids is 1. The van der Waals surface area contributed by atoms with E-state index in [9.17, 15) is 4.79 Å². The molecule has 1 atom stereocenters. The van der Waals surface area contributed by atoms with Crippen LogP contribution in [0.15, 0.2) is 24.4 Å². The lowest BCUT2D eigenvalue weighted by Crippen LogP contribution is -2.18. The zero-order valence-electron chi connectivity index (χ0n) is 10.7. The predicted octanol–water partition coefficient (Wildman–Crippen LogP) is 2.18. The standard InChI is InChI=1S/C13H17N3O2/c1-3-7-10(13(17)18-4-2)12-15-14-11-8-5-6-9-16(11)12/h5-6,8-10H,3-4,7H2,1-2H3. The van der Waals surface area contributed by atoms with Crippen LogP contribution in [-0.2, 0) is 9.53 Å². The smallest absolute Gasteiger partial charge is 0.316 e. The summed E-state index contributed by atoms with van der Waals surface area (Å²) in [6.07, 6.45) is 3.48. The van der Waals surface area contributed by atoms with E-state index in [4.69, 9.17) is 4.74 Å². The third-order valence-corrected chi connectivity index (χ3v) is 2.80. The van der Waals surface area contributed by atoms with Gasteiger partial charge in [-0.05, 0) is 25.5 Å². The number of aromatic nitrogens is 3. The number of pyridine rings is 1. The average Bonchev–Trinajstić information content (AvgIpc) is 2.80. The minimum Gasteiger partial charge on any atom is -0.465 e. The van der Waals surface area contributed by atoms with Gasteiger partial charge in [0.1, 0.15) is 5.92 Å². The van der Waals surface area contributed by atoms with E-state index in [-0.39, 0.29) is 11.9 Å². The summed E-state index contributed by atoms with van der Waals surface area (Å²) in [6, 6.07) is 5.66. The first-order valence-corrected chi connectivity index (χ1v) is 6.24. The maximum atomic E-state index is 12.0. The van der Waals surface area contributed by atoms with Gasteiger partial charge in [-0.25, -0.2) is 0 Å². The van der Waals surface area contributed by atoms with Crippen LogP contribution in [0.5, 0.6) is 0 Å². The monoisotopic (exact) mass is 247 g/mol. The molecular weight excluding hydrogens is 230 g/mol. The van der Waals surface area contributed by atoms with Crippen molar-refractivity contribution in [1.82, 2.24) is 14.6 Å². The first-order valence-electron chi connectivity index (χ1n) is 6.24. The minimum absolute atomic E-state index is 0.225. The van der Waals surface area contributed by atoms with Crippen LogP contribution >= 0.6 is 0 Å². The molecule has 0 N–H and O–H groups in total. The van der Waals surface area contributed by atoms with Crippen molar-refractivity contribution in [2.24, 2.45) is 0 Å². The first kappa shape index (κ1) is 12.5. The number of ether oxygens (including phenoxy) is 1. The van der Waals surface area contributed by atoms with Gasteiger partial charge < -0.3 is 4.74 Å². The van der Waals surface area contributed by atoms with Gasteiger partial charge in [0.15, 0.2) is 11.5 Å². The van der Waals surface area contributed by atoms with Crippen molar-refractivity contribution in [3.8, 4) is 0 Å². The molecular formula is C13H17N3O2. The number of hydrogen-bond acceptors (Lipinski definition) is 4. The Balaban J connectivity index is 2.38. The summed E-state index contributed by atoms with van der Waals surface area (Å²) in [4.78, 5) is 12.0. The second-order valence-electron chi connectivity index (χ2n) is 4.08. The molecule has 5 nitrogen and oxygen atoms in total. The summed E-state index contributed by atoms with van der Waals surface area (Å²) in [7, 11) is 0. The Morgan fingerprint density at radius 1 is 1.39 bits per heavy atom.